The van der Waals surface area contributed by atoms with Crippen molar-refractivity contribution in [3.05, 3.63) is 179 Å². The van der Waals surface area contributed by atoms with Crippen molar-refractivity contribution in [1.82, 2.24) is 0 Å². The Morgan fingerprint density at radius 1 is 0.578 bits per heavy atom. The Bertz CT molecular complexity index is 1490. The standard InChI is InChI=1S/C41H42O4/c42-39(29-28-34-21-15-20-33(30-34)19-14-13-18-32-16-5-1-6-17-32)38(40(43)44)31-45-41(35-22-7-2-8-23-35,36-24-9-3-10-25-36)37-26-11-4-12-27-37/h1-12,15-17,20-27,30,38-39,42H,13-14,18-19,28-29,31H2,(H,43,44)/t38-,39-/m1/s1. The number of carboxylic acids is 1. The van der Waals surface area contributed by atoms with Crippen LogP contribution in [0.25, 0.3) is 0 Å². The predicted molar refractivity (Wildman–Crippen MR) is 180 cm³/mol. The molecule has 0 fully saturated rings. The molecule has 2 N–H and O–H groups in total. The lowest BCUT2D eigenvalue weighted by Gasteiger charge is -2.37. The van der Waals surface area contributed by atoms with Gasteiger partial charge in [-0.3, -0.25) is 4.79 Å². The van der Waals surface area contributed by atoms with Crippen LogP contribution in [0, 0.1) is 5.92 Å². The van der Waals surface area contributed by atoms with E-state index in [1.165, 1.54) is 11.1 Å². The molecule has 45 heavy (non-hydrogen) atoms. The van der Waals surface area contributed by atoms with Crippen molar-refractivity contribution in [3.63, 3.8) is 0 Å². The Morgan fingerprint density at radius 2 is 1.00 bits per heavy atom. The summed E-state index contributed by atoms with van der Waals surface area (Å²) in [5.41, 5.74) is 5.36. The van der Waals surface area contributed by atoms with Crippen LogP contribution in [0.4, 0.5) is 0 Å². The summed E-state index contributed by atoms with van der Waals surface area (Å²) >= 11 is 0. The quantitative estimate of drug-likeness (QED) is 0.0887. The van der Waals surface area contributed by atoms with Crippen LogP contribution in [0.2, 0.25) is 0 Å². The maximum atomic E-state index is 12.5. The van der Waals surface area contributed by atoms with Gasteiger partial charge in [0, 0.05) is 0 Å². The minimum Gasteiger partial charge on any atom is -0.481 e. The molecule has 4 heteroatoms. The minimum atomic E-state index is -1.10. The second-order valence-electron chi connectivity index (χ2n) is 11.7. The maximum absolute atomic E-state index is 12.5. The van der Waals surface area contributed by atoms with Crippen molar-refractivity contribution >= 4 is 5.97 Å². The van der Waals surface area contributed by atoms with E-state index >= 15 is 0 Å². The third-order valence-corrected chi connectivity index (χ3v) is 8.55. The number of rotatable bonds is 16. The first-order valence-corrected chi connectivity index (χ1v) is 15.9. The molecular weight excluding hydrogens is 556 g/mol. The number of ether oxygens (including phenoxy) is 1. The molecule has 0 amide bonds. The average Bonchev–Trinajstić information content (AvgIpc) is 3.09. The Kier molecular flexibility index (Phi) is 11.3. The molecule has 4 nitrogen and oxygen atoms in total. The molecule has 0 spiro atoms. The Balaban J connectivity index is 1.27. The Morgan fingerprint density at radius 3 is 1.49 bits per heavy atom. The zero-order valence-electron chi connectivity index (χ0n) is 25.7. The van der Waals surface area contributed by atoms with Crippen LogP contribution in [-0.4, -0.2) is 28.9 Å². The van der Waals surface area contributed by atoms with E-state index < -0.39 is 23.6 Å². The van der Waals surface area contributed by atoms with E-state index in [2.05, 4.69) is 48.5 Å². The Hall–Kier alpha value is -4.51. The molecule has 2 atom stereocenters. The highest BCUT2D eigenvalue weighted by Gasteiger charge is 2.40. The van der Waals surface area contributed by atoms with Gasteiger partial charge in [0.15, 0.2) is 0 Å². The van der Waals surface area contributed by atoms with E-state index in [9.17, 15) is 15.0 Å². The zero-order chi connectivity index (χ0) is 31.3. The third-order valence-electron chi connectivity index (χ3n) is 8.55. The number of aryl methyl sites for hydroxylation is 3. The van der Waals surface area contributed by atoms with E-state index in [4.69, 9.17) is 4.74 Å². The molecule has 5 rings (SSSR count). The molecule has 0 radical (unpaired) electrons. The van der Waals surface area contributed by atoms with Crippen molar-refractivity contribution in [2.45, 2.75) is 50.2 Å². The summed E-state index contributed by atoms with van der Waals surface area (Å²) in [4.78, 5) is 12.5. The van der Waals surface area contributed by atoms with Crippen LogP contribution in [0.15, 0.2) is 146 Å². The van der Waals surface area contributed by atoms with E-state index in [-0.39, 0.29) is 6.61 Å². The topological polar surface area (TPSA) is 66.8 Å². The molecule has 230 valence electrons. The number of hydrogen-bond acceptors (Lipinski definition) is 3. The SMILES string of the molecule is O=C(O)[C@H](COC(c1ccccc1)(c1ccccc1)c1ccccc1)[C@H](O)CCc1cccc(CCCCc2ccccc2)c1. The molecule has 0 unspecified atom stereocenters. The highest BCUT2D eigenvalue weighted by atomic mass is 16.5. The summed E-state index contributed by atoms with van der Waals surface area (Å²) in [5.74, 6) is -2.17. The third kappa shape index (κ3) is 8.36. The van der Waals surface area contributed by atoms with Gasteiger partial charge in [-0.15, -0.1) is 0 Å². The van der Waals surface area contributed by atoms with Gasteiger partial charge < -0.3 is 14.9 Å². The average molecular weight is 599 g/mol. The normalized spacial score (nSPS) is 12.8. The van der Waals surface area contributed by atoms with Crippen LogP contribution < -0.4 is 0 Å². The lowest BCUT2D eigenvalue weighted by atomic mass is 9.80. The van der Waals surface area contributed by atoms with Crippen LogP contribution >= 0.6 is 0 Å². The van der Waals surface area contributed by atoms with Gasteiger partial charge in [0.1, 0.15) is 11.5 Å². The van der Waals surface area contributed by atoms with Crippen molar-refractivity contribution in [1.29, 1.82) is 0 Å². The molecule has 0 saturated heterocycles. The summed E-state index contributed by atoms with van der Waals surface area (Å²) in [6.07, 6.45) is 4.14. The van der Waals surface area contributed by atoms with Crippen LogP contribution in [0.1, 0.15) is 52.6 Å². The first kappa shape index (κ1) is 31.9. The number of aliphatic hydroxyl groups excluding tert-OH is 1. The summed E-state index contributed by atoms with van der Waals surface area (Å²) in [6, 6.07) is 48.6. The van der Waals surface area contributed by atoms with E-state index in [0.29, 0.717) is 12.8 Å². The largest absolute Gasteiger partial charge is 0.481 e. The van der Waals surface area contributed by atoms with Gasteiger partial charge in [-0.25, -0.2) is 0 Å². The number of carbonyl (C=O) groups is 1. The van der Waals surface area contributed by atoms with E-state index in [0.717, 1.165) is 47.9 Å². The minimum absolute atomic E-state index is 0.156. The zero-order valence-corrected chi connectivity index (χ0v) is 25.7. The summed E-state index contributed by atoms with van der Waals surface area (Å²) in [6.45, 7) is -0.156. The Labute approximate surface area is 267 Å². The van der Waals surface area contributed by atoms with Gasteiger partial charge in [0.2, 0.25) is 0 Å². The maximum Gasteiger partial charge on any atom is 0.311 e. The highest BCUT2D eigenvalue weighted by Crippen LogP contribution is 2.41. The number of unbranched alkanes of at least 4 members (excludes halogenated alkanes) is 1. The van der Waals surface area contributed by atoms with Gasteiger partial charge in [0.25, 0.3) is 0 Å². The van der Waals surface area contributed by atoms with Gasteiger partial charge in [-0.05, 0) is 71.9 Å². The molecule has 0 aliphatic heterocycles. The van der Waals surface area contributed by atoms with Crippen molar-refractivity contribution in [2.24, 2.45) is 5.92 Å². The number of aliphatic carboxylic acids is 1. The molecule has 0 aliphatic carbocycles. The number of hydrogen-bond donors (Lipinski definition) is 2. The second-order valence-corrected chi connectivity index (χ2v) is 11.7. The lowest BCUT2D eigenvalue weighted by Crippen LogP contribution is -2.39. The van der Waals surface area contributed by atoms with Crippen molar-refractivity contribution in [3.8, 4) is 0 Å². The van der Waals surface area contributed by atoms with E-state index in [1.54, 1.807) is 0 Å². The van der Waals surface area contributed by atoms with Crippen LogP contribution in [0.5, 0.6) is 0 Å². The highest BCUT2D eigenvalue weighted by molar-refractivity contribution is 5.71. The van der Waals surface area contributed by atoms with Crippen LogP contribution in [-0.2, 0) is 34.4 Å². The number of carboxylic acid groups (broad SMARTS) is 1. The molecule has 0 heterocycles. The predicted octanol–water partition coefficient (Wildman–Crippen LogP) is 8.26. The molecule has 0 aliphatic rings. The van der Waals surface area contributed by atoms with E-state index in [1.807, 2.05) is 97.1 Å². The fourth-order valence-corrected chi connectivity index (χ4v) is 6.09. The number of aliphatic hydroxyl groups is 1. The summed E-state index contributed by atoms with van der Waals surface area (Å²) in [5, 5.41) is 21.5. The van der Waals surface area contributed by atoms with Gasteiger partial charge >= 0.3 is 5.97 Å². The van der Waals surface area contributed by atoms with Gasteiger partial charge in [0.05, 0.1) is 12.7 Å². The van der Waals surface area contributed by atoms with Crippen molar-refractivity contribution in [2.75, 3.05) is 6.61 Å². The van der Waals surface area contributed by atoms with Crippen molar-refractivity contribution < 1.29 is 19.7 Å². The van der Waals surface area contributed by atoms with Gasteiger partial charge in [-0.1, -0.05) is 146 Å². The summed E-state index contributed by atoms with van der Waals surface area (Å²) in [7, 11) is 0. The molecule has 0 aromatic heterocycles. The van der Waals surface area contributed by atoms with Crippen LogP contribution in [0.3, 0.4) is 0 Å². The lowest BCUT2D eigenvalue weighted by molar-refractivity contribution is -0.151. The first-order chi connectivity index (χ1) is 22.1. The fraction of sp³-hybridized carbons (Fsp3) is 0.244. The summed E-state index contributed by atoms with van der Waals surface area (Å²) < 4.78 is 6.75. The monoisotopic (exact) mass is 598 g/mol. The second kappa shape index (κ2) is 16.0. The molecule has 0 saturated carbocycles. The van der Waals surface area contributed by atoms with Gasteiger partial charge in [-0.2, -0.15) is 0 Å². The molecule has 5 aromatic carbocycles. The number of benzene rings is 5. The fourth-order valence-electron chi connectivity index (χ4n) is 6.09. The first-order valence-electron chi connectivity index (χ1n) is 15.9. The molecule has 0 bridgehead atoms. The molecular formula is C41H42O4. The molecule has 5 aromatic rings. The smallest absolute Gasteiger partial charge is 0.311 e.